The van der Waals surface area contributed by atoms with Gasteiger partial charge in [0.25, 0.3) is 0 Å². The van der Waals surface area contributed by atoms with Gasteiger partial charge in [-0.15, -0.1) is 11.3 Å². The second-order valence-electron chi connectivity index (χ2n) is 10.6. The lowest BCUT2D eigenvalue weighted by atomic mass is 9.98. The second-order valence-corrected chi connectivity index (χ2v) is 11.6. The van der Waals surface area contributed by atoms with Crippen molar-refractivity contribution in [2.24, 2.45) is 0 Å². The van der Waals surface area contributed by atoms with Crippen LogP contribution in [0.1, 0.15) is 0 Å². The summed E-state index contributed by atoms with van der Waals surface area (Å²) in [5.41, 5.74) is 8.01. The largest absolute Gasteiger partial charge is 0.456 e. The molecule has 0 bridgehead atoms. The van der Waals surface area contributed by atoms with Gasteiger partial charge in [0, 0.05) is 32.0 Å². The molecule has 0 radical (unpaired) electrons. The maximum Gasteiger partial charge on any atom is 0.160 e. The van der Waals surface area contributed by atoms with Crippen LogP contribution < -0.4 is 0 Å². The lowest BCUT2D eigenvalue weighted by Gasteiger charge is -2.08. The molecule has 0 fully saturated rings. The summed E-state index contributed by atoms with van der Waals surface area (Å²) in [4.78, 5) is 10.3. The minimum absolute atomic E-state index is 0.727. The van der Waals surface area contributed by atoms with Crippen LogP contribution in [0.4, 0.5) is 0 Å². The molecule has 0 aliphatic heterocycles. The number of nitrogens with zero attached hydrogens (tertiary/aromatic N) is 2. The van der Waals surface area contributed by atoms with Crippen LogP contribution in [-0.2, 0) is 0 Å². The van der Waals surface area contributed by atoms with E-state index >= 15 is 0 Å². The average Bonchev–Trinajstić information content (AvgIpc) is 3.62. The maximum absolute atomic E-state index is 6.51. The number of hydrogen-bond acceptors (Lipinski definition) is 4. The molecule has 9 rings (SSSR count). The van der Waals surface area contributed by atoms with Crippen LogP contribution in [-0.4, -0.2) is 9.97 Å². The highest BCUT2D eigenvalue weighted by molar-refractivity contribution is 7.26. The number of hydrogen-bond donors (Lipinski definition) is 0. The van der Waals surface area contributed by atoms with Crippen LogP contribution >= 0.6 is 11.3 Å². The number of fused-ring (bicyclic) bond motifs is 7. The molecule has 0 spiro atoms. The first-order chi connectivity index (χ1) is 20.8. The summed E-state index contributed by atoms with van der Waals surface area (Å²) in [6, 6.07) is 46.6. The minimum Gasteiger partial charge on any atom is -0.456 e. The summed E-state index contributed by atoms with van der Waals surface area (Å²) >= 11 is 1.75. The molecular weight excluding hydrogens is 532 g/mol. The number of benzene rings is 6. The Kier molecular flexibility index (Phi) is 5.07. The van der Waals surface area contributed by atoms with E-state index in [2.05, 4.69) is 115 Å². The Labute approximate surface area is 245 Å². The Hall–Kier alpha value is -5.32. The highest BCUT2D eigenvalue weighted by Crippen LogP contribution is 2.43. The Morgan fingerprint density at radius 2 is 1.31 bits per heavy atom. The average molecular weight is 555 g/mol. The monoisotopic (exact) mass is 554 g/mol. The van der Waals surface area contributed by atoms with Gasteiger partial charge in [-0.3, -0.25) is 0 Å². The van der Waals surface area contributed by atoms with Gasteiger partial charge in [0.2, 0.25) is 0 Å². The van der Waals surface area contributed by atoms with E-state index in [9.17, 15) is 0 Å². The third-order valence-corrected chi connectivity index (χ3v) is 9.25. The highest BCUT2D eigenvalue weighted by atomic mass is 32.1. The normalized spacial score (nSPS) is 11.8. The van der Waals surface area contributed by atoms with E-state index in [4.69, 9.17) is 14.4 Å². The Morgan fingerprint density at radius 3 is 2.24 bits per heavy atom. The molecule has 0 amide bonds. The molecule has 4 heteroatoms. The molecule has 0 unspecified atom stereocenters. The van der Waals surface area contributed by atoms with Crippen molar-refractivity contribution in [3.05, 3.63) is 133 Å². The summed E-state index contributed by atoms with van der Waals surface area (Å²) in [6.45, 7) is 0. The van der Waals surface area contributed by atoms with Crippen LogP contribution in [0.15, 0.2) is 138 Å². The zero-order valence-electron chi connectivity index (χ0n) is 22.4. The summed E-state index contributed by atoms with van der Waals surface area (Å²) in [6.07, 6.45) is 0. The fourth-order valence-corrected chi connectivity index (χ4v) is 7.21. The molecule has 9 aromatic rings. The smallest absolute Gasteiger partial charge is 0.160 e. The lowest BCUT2D eigenvalue weighted by molar-refractivity contribution is 0.669. The van der Waals surface area contributed by atoms with Crippen molar-refractivity contribution in [3.63, 3.8) is 0 Å². The predicted octanol–water partition coefficient (Wildman–Crippen LogP) is 10.9. The highest BCUT2D eigenvalue weighted by Gasteiger charge is 2.20. The van der Waals surface area contributed by atoms with E-state index in [1.807, 2.05) is 18.2 Å². The van der Waals surface area contributed by atoms with Crippen LogP contribution in [0.25, 0.3) is 86.8 Å². The van der Waals surface area contributed by atoms with Crippen LogP contribution in [0.2, 0.25) is 0 Å². The van der Waals surface area contributed by atoms with Gasteiger partial charge >= 0.3 is 0 Å². The quantitative estimate of drug-likeness (QED) is 0.218. The van der Waals surface area contributed by atoms with Crippen molar-refractivity contribution >= 4 is 64.4 Å². The third kappa shape index (κ3) is 3.59. The van der Waals surface area contributed by atoms with Gasteiger partial charge in [-0.2, -0.15) is 0 Å². The Balaban J connectivity index is 1.29. The van der Waals surface area contributed by atoms with Crippen molar-refractivity contribution in [3.8, 4) is 33.8 Å². The van der Waals surface area contributed by atoms with Gasteiger partial charge in [-0.25, -0.2) is 9.97 Å². The molecule has 0 saturated heterocycles. The second kappa shape index (κ2) is 9.10. The van der Waals surface area contributed by atoms with E-state index in [0.717, 1.165) is 65.8 Å². The van der Waals surface area contributed by atoms with Crippen molar-refractivity contribution in [2.75, 3.05) is 0 Å². The molecule has 0 N–H and O–H groups in total. The van der Waals surface area contributed by atoms with Crippen molar-refractivity contribution in [1.82, 2.24) is 9.97 Å². The van der Waals surface area contributed by atoms with Gasteiger partial charge in [-0.05, 0) is 52.2 Å². The SMILES string of the molecule is c1ccc(-c2nc(-c3cccc4oc5cc(-c6ccc7ccccc7c6)ccc5c34)c3sc4ccccc4c3n2)cc1. The van der Waals surface area contributed by atoms with Gasteiger partial charge in [-0.1, -0.05) is 103 Å². The van der Waals surface area contributed by atoms with E-state index in [1.165, 1.54) is 21.0 Å². The van der Waals surface area contributed by atoms with Gasteiger partial charge in [0.1, 0.15) is 11.2 Å². The fourth-order valence-electron chi connectivity index (χ4n) is 6.06. The molecule has 3 aromatic heterocycles. The molecule has 0 aliphatic carbocycles. The number of furan rings is 1. The number of aromatic nitrogens is 2. The van der Waals surface area contributed by atoms with Gasteiger partial charge in [0.15, 0.2) is 5.82 Å². The zero-order valence-corrected chi connectivity index (χ0v) is 23.2. The topological polar surface area (TPSA) is 38.9 Å². The van der Waals surface area contributed by atoms with E-state index in [-0.39, 0.29) is 0 Å². The summed E-state index contributed by atoms with van der Waals surface area (Å²) in [5.74, 6) is 0.727. The molecule has 0 atom stereocenters. The molecule has 196 valence electrons. The molecule has 6 aromatic carbocycles. The standard InChI is InChI=1S/C38H22N2OS/c1-2-10-24(11-3-1)38-39-35-29-13-6-7-16-33(29)42-37(35)36(40-38)30-14-8-15-31-34(30)28-20-19-27(22-32(28)41-31)26-18-17-23-9-4-5-12-25(23)21-26/h1-22H. The van der Waals surface area contributed by atoms with E-state index in [0.29, 0.717) is 0 Å². The van der Waals surface area contributed by atoms with Crippen LogP contribution in [0, 0.1) is 0 Å². The van der Waals surface area contributed by atoms with E-state index < -0.39 is 0 Å². The van der Waals surface area contributed by atoms with Crippen molar-refractivity contribution in [2.45, 2.75) is 0 Å². The molecular formula is C38H22N2OS. The van der Waals surface area contributed by atoms with Gasteiger partial charge in [0.05, 0.1) is 15.9 Å². The number of thiophene rings is 1. The summed E-state index contributed by atoms with van der Waals surface area (Å²) in [7, 11) is 0. The molecule has 0 aliphatic rings. The van der Waals surface area contributed by atoms with Crippen molar-refractivity contribution < 1.29 is 4.42 Å². The summed E-state index contributed by atoms with van der Waals surface area (Å²) in [5, 5.41) is 5.78. The first-order valence-corrected chi connectivity index (χ1v) is 14.8. The first-order valence-electron chi connectivity index (χ1n) is 14.0. The minimum atomic E-state index is 0.727. The zero-order chi connectivity index (χ0) is 27.6. The number of rotatable bonds is 3. The Bertz CT molecular complexity index is 2470. The van der Waals surface area contributed by atoms with E-state index in [1.54, 1.807) is 11.3 Å². The van der Waals surface area contributed by atoms with Gasteiger partial charge < -0.3 is 4.42 Å². The molecule has 0 saturated carbocycles. The molecule has 42 heavy (non-hydrogen) atoms. The maximum atomic E-state index is 6.51. The predicted molar refractivity (Wildman–Crippen MR) is 176 cm³/mol. The third-order valence-electron chi connectivity index (χ3n) is 8.09. The van der Waals surface area contributed by atoms with Crippen LogP contribution in [0.5, 0.6) is 0 Å². The summed E-state index contributed by atoms with van der Waals surface area (Å²) < 4.78 is 8.80. The van der Waals surface area contributed by atoms with Crippen molar-refractivity contribution in [1.29, 1.82) is 0 Å². The Morgan fingerprint density at radius 1 is 0.524 bits per heavy atom. The fraction of sp³-hybridized carbons (Fsp3) is 0. The molecule has 3 heterocycles. The molecule has 3 nitrogen and oxygen atoms in total. The van der Waals surface area contributed by atoms with Crippen LogP contribution in [0.3, 0.4) is 0 Å². The lowest BCUT2D eigenvalue weighted by Crippen LogP contribution is -1.93. The first kappa shape index (κ1) is 23.4.